The molecular formula is C16H15NO3. The van der Waals surface area contributed by atoms with Crippen LogP contribution >= 0.6 is 0 Å². The second kappa shape index (κ2) is 5.57. The lowest BCUT2D eigenvalue weighted by Crippen LogP contribution is -2.06. The number of hydrogen-bond acceptors (Lipinski definition) is 2. The molecule has 0 heterocycles. The van der Waals surface area contributed by atoms with E-state index in [0.29, 0.717) is 16.0 Å². The Hall–Kier alpha value is -2.62. The third-order valence-electron chi connectivity index (χ3n) is 3.19. The molecule has 0 unspecified atom stereocenters. The Morgan fingerprint density at radius 3 is 2.50 bits per heavy atom. The second-order valence-electron chi connectivity index (χ2n) is 4.62. The van der Waals surface area contributed by atoms with Crippen LogP contribution in [0.15, 0.2) is 42.5 Å². The number of aromatic carboxylic acids is 1. The largest absolute Gasteiger partial charge is 0.618 e. The van der Waals surface area contributed by atoms with Crippen LogP contribution in [0.3, 0.4) is 0 Å². The lowest BCUT2D eigenvalue weighted by Gasteiger charge is -2.06. The van der Waals surface area contributed by atoms with Crippen molar-refractivity contribution >= 4 is 17.9 Å². The van der Waals surface area contributed by atoms with Crippen molar-refractivity contribution in [2.45, 2.75) is 13.8 Å². The zero-order chi connectivity index (χ0) is 14.7. The monoisotopic (exact) mass is 269 g/mol. The van der Waals surface area contributed by atoms with Crippen LogP contribution < -0.4 is 0 Å². The minimum Gasteiger partial charge on any atom is -0.618 e. The molecule has 0 saturated carbocycles. The predicted octanol–water partition coefficient (Wildman–Crippen LogP) is 3.26. The minimum atomic E-state index is -1.05. The summed E-state index contributed by atoms with van der Waals surface area (Å²) in [5, 5.41) is 21.2. The molecule has 0 bridgehead atoms. The fourth-order valence-corrected chi connectivity index (χ4v) is 1.87. The SMILES string of the molecule is Cc1ccc([N+]([O-])=Cc2ccccc2C(=O)O)cc1C. The standard InChI is InChI=1S/C16H15NO3/c1-11-7-8-14(9-12(11)2)17(20)10-13-5-3-4-6-15(13)16(18)19/h3-10H,1-2H3,(H,18,19). The highest BCUT2D eigenvalue weighted by Gasteiger charge is 2.11. The average Bonchev–Trinajstić information content (AvgIpc) is 2.42. The Morgan fingerprint density at radius 2 is 1.85 bits per heavy atom. The van der Waals surface area contributed by atoms with Gasteiger partial charge in [-0.3, -0.25) is 0 Å². The number of hydrogen-bond donors (Lipinski definition) is 1. The molecule has 0 atom stereocenters. The Kier molecular flexibility index (Phi) is 3.84. The van der Waals surface area contributed by atoms with Gasteiger partial charge in [-0.1, -0.05) is 18.2 Å². The quantitative estimate of drug-likeness (QED) is 0.402. The van der Waals surface area contributed by atoms with Crippen molar-refractivity contribution in [3.8, 4) is 0 Å². The summed E-state index contributed by atoms with van der Waals surface area (Å²) in [7, 11) is 0. The molecule has 2 rings (SSSR count). The van der Waals surface area contributed by atoms with Gasteiger partial charge in [0.2, 0.25) is 5.69 Å². The number of carbonyl (C=O) groups is 1. The number of aryl methyl sites for hydroxylation is 2. The number of carboxylic acid groups (broad SMARTS) is 1. The van der Waals surface area contributed by atoms with E-state index in [1.54, 1.807) is 30.3 Å². The first kappa shape index (κ1) is 13.8. The van der Waals surface area contributed by atoms with E-state index in [9.17, 15) is 10.0 Å². The van der Waals surface area contributed by atoms with Gasteiger partial charge in [0.25, 0.3) is 0 Å². The molecule has 102 valence electrons. The van der Waals surface area contributed by atoms with Gasteiger partial charge >= 0.3 is 5.97 Å². The zero-order valence-electron chi connectivity index (χ0n) is 11.3. The van der Waals surface area contributed by atoms with Crippen LogP contribution in [0.2, 0.25) is 0 Å². The van der Waals surface area contributed by atoms with Crippen LogP contribution in [-0.4, -0.2) is 22.0 Å². The highest BCUT2D eigenvalue weighted by atomic mass is 16.5. The molecular weight excluding hydrogens is 254 g/mol. The van der Waals surface area contributed by atoms with Crippen molar-refractivity contribution in [1.29, 1.82) is 0 Å². The summed E-state index contributed by atoms with van der Waals surface area (Å²) in [6.45, 7) is 3.90. The van der Waals surface area contributed by atoms with Crippen LogP contribution in [-0.2, 0) is 0 Å². The topological polar surface area (TPSA) is 63.4 Å². The van der Waals surface area contributed by atoms with Crippen LogP contribution in [0.4, 0.5) is 5.69 Å². The van der Waals surface area contributed by atoms with Gasteiger partial charge in [-0.2, -0.15) is 4.74 Å². The third-order valence-corrected chi connectivity index (χ3v) is 3.19. The van der Waals surface area contributed by atoms with Crippen LogP contribution in [0, 0.1) is 19.1 Å². The maximum absolute atomic E-state index is 12.1. The van der Waals surface area contributed by atoms with Crippen molar-refractivity contribution in [2.75, 3.05) is 0 Å². The molecule has 0 fully saturated rings. The normalized spacial score (nSPS) is 11.4. The van der Waals surface area contributed by atoms with Crippen molar-refractivity contribution in [2.24, 2.45) is 0 Å². The van der Waals surface area contributed by atoms with Gasteiger partial charge in [-0.25, -0.2) is 4.79 Å². The second-order valence-corrected chi connectivity index (χ2v) is 4.62. The third kappa shape index (κ3) is 2.85. The maximum Gasteiger partial charge on any atom is 0.336 e. The lowest BCUT2D eigenvalue weighted by atomic mass is 10.1. The summed E-state index contributed by atoms with van der Waals surface area (Å²) < 4.78 is 0.689. The molecule has 0 spiro atoms. The van der Waals surface area contributed by atoms with Gasteiger partial charge in [-0.05, 0) is 37.1 Å². The smallest absolute Gasteiger partial charge is 0.336 e. The number of rotatable bonds is 3. The molecule has 20 heavy (non-hydrogen) atoms. The van der Waals surface area contributed by atoms with E-state index >= 15 is 0 Å². The molecule has 2 aromatic carbocycles. The Morgan fingerprint density at radius 1 is 1.15 bits per heavy atom. The summed E-state index contributed by atoms with van der Waals surface area (Å²) in [5.74, 6) is -1.05. The summed E-state index contributed by atoms with van der Waals surface area (Å²) in [4.78, 5) is 11.1. The van der Waals surface area contributed by atoms with E-state index in [1.807, 2.05) is 19.9 Å². The summed E-state index contributed by atoms with van der Waals surface area (Å²) in [5.41, 5.74) is 3.09. The van der Waals surface area contributed by atoms with Gasteiger partial charge in [0.15, 0.2) is 6.21 Å². The average molecular weight is 269 g/mol. The minimum absolute atomic E-state index is 0.109. The summed E-state index contributed by atoms with van der Waals surface area (Å²) in [6.07, 6.45) is 1.29. The first-order valence-electron chi connectivity index (χ1n) is 6.20. The molecule has 4 heteroatoms. The van der Waals surface area contributed by atoms with Gasteiger partial charge in [0.05, 0.1) is 11.1 Å². The van der Waals surface area contributed by atoms with Crippen molar-refractivity contribution < 1.29 is 14.6 Å². The highest BCUT2D eigenvalue weighted by molar-refractivity contribution is 5.97. The molecule has 0 aliphatic rings. The highest BCUT2D eigenvalue weighted by Crippen LogP contribution is 2.17. The van der Waals surface area contributed by atoms with E-state index in [1.165, 1.54) is 12.3 Å². The molecule has 0 radical (unpaired) electrons. The van der Waals surface area contributed by atoms with E-state index in [-0.39, 0.29) is 5.56 Å². The van der Waals surface area contributed by atoms with E-state index < -0.39 is 5.97 Å². The van der Waals surface area contributed by atoms with E-state index in [0.717, 1.165) is 11.1 Å². The van der Waals surface area contributed by atoms with Gasteiger partial charge < -0.3 is 10.3 Å². The number of nitrogens with zero attached hydrogens (tertiary/aromatic N) is 1. The predicted molar refractivity (Wildman–Crippen MR) is 77.8 cm³/mol. The van der Waals surface area contributed by atoms with Crippen molar-refractivity contribution in [3.63, 3.8) is 0 Å². The van der Waals surface area contributed by atoms with Crippen LogP contribution in [0.1, 0.15) is 27.0 Å². The summed E-state index contributed by atoms with van der Waals surface area (Å²) in [6, 6.07) is 11.8. The molecule has 0 saturated heterocycles. The molecule has 1 N–H and O–H groups in total. The van der Waals surface area contributed by atoms with Gasteiger partial charge in [0, 0.05) is 12.1 Å². The van der Waals surface area contributed by atoms with Gasteiger partial charge in [-0.15, -0.1) is 0 Å². The first-order valence-corrected chi connectivity index (χ1v) is 6.20. The fourth-order valence-electron chi connectivity index (χ4n) is 1.87. The van der Waals surface area contributed by atoms with Crippen LogP contribution in [0.25, 0.3) is 0 Å². The van der Waals surface area contributed by atoms with Crippen molar-refractivity contribution in [1.82, 2.24) is 0 Å². The number of carboxylic acids is 1. The molecule has 0 amide bonds. The van der Waals surface area contributed by atoms with Gasteiger partial charge in [0.1, 0.15) is 0 Å². The summed E-state index contributed by atoms with van der Waals surface area (Å²) >= 11 is 0. The maximum atomic E-state index is 12.1. The molecule has 0 aliphatic carbocycles. The van der Waals surface area contributed by atoms with Crippen molar-refractivity contribution in [3.05, 3.63) is 69.9 Å². The molecule has 4 nitrogen and oxygen atoms in total. The molecule has 0 aliphatic heterocycles. The van der Waals surface area contributed by atoms with E-state index in [4.69, 9.17) is 5.11 Å². The Bertz CT molecular complexity index is 690. The van der Waals surface area contributed by atoms with Crippen LogP contribution in [0.5, 0.6) is 0 Å². The Balaban J connectivity index is 2.44. The Labute approximate surface area is 117 Å². The lowest BCUT2D eigenvalue weighted by molar-refractivity contribution is -0.354. The number of benzene rings is 2. The zero-order valence-corrected chi connectivity index (χ0v) is 11.3. The first-order chi connectivity index (χ1) is 9.49. The fraction of sp³-hybridized carbons (Fsp3) is 0.125. The molecule has 2 aromatic rings. The molecule has 0 aromatic heterocycles. The van der Waals surface area contributed by atoms with E-state index in [2.05, 4.69) is 0 Å².